The molecule has 0 saturated heterocycles. The number of thioether (sulfide) groups is 1. The van der Waals surface area contributed by atoms with Crippen LogP contribution in [0, 0.1) is 0 Å². The number of nitrogens with one attached hydrogen (secondary N) is 1. The van der Waals surface area contributed by atoms with Gasteiger partial charge in [0.2, 0.25) is 0 Å². The minimum atomic E-state index is 0.322. The van der Waals surface area contributed by atoms with Gasteiger partial charge < -0.3 is 5.32 Å². The molecule has 0 amide bonds. The van der Waals surface area contributed by atoms with Gasteiger partial charge in [-0.1, -0.05) is 40.2 Å². The fourth-order valence-electron chi connectivity index (χ4n) is 2.24. The Morgan fingerprint density at radius 3 is 2.20 bits per heavy atom. The first kappa shape index (κ1) is 15.6. The third-order valence-corrected chi connectivity index (χ3v) is 4.70. The van der Waals surface area contributed by atoms with Crippen LogP contribution < -0.4 is 5.32 Å². The van der Waals surface area contributed by atoms with Crippen LogP contribution in [0.2, 0.25) is 0 Å². The molecule has 1 N–H and O–H groups in total. The van der Waals surface area contributed by atoms with E-state index in [1.807, 2.05) is 0 Å². The van der Waals surface area contributed by atoms with Crippen LogP contribution in [0.3, 0.4) is 0 Å². The number of hydrogen-bond acceptors (Lipinski definition) is 2. The van der Waals surface area contributed by atoms with E-state index in [4.69, 9.17) is 0 Å². The predicted molar refractivity (Wildman–Crippen MR) is 92.3 cm³/mol. The predicted octanol–water partition coefficient (Wildman–Crippen LogP) is 5.58. The average Bonchev–Trinajstić information content (AvgIpc) is 2.47. The van der Waals surface area contributed by atoms with Crippen LogP contribution in [0.5, 0.6) is 0 Å². The van der Waals surface area contributed by atoms with E-state index >= 15 is 0 Å². The highest BCUT2D eigenvalue weighted by molar-refractivity contribution is 9.10. The molecule has 0 aliphatic carbocycles. The molecule has 0 aliphatic heterocycles. The quantitative estimate of drug-likeness (QED) is 0.706. The van der Waals surface area contributed by atoms with Gasteiger partial charge in [0.15, 0.2) is 0 Å². The molecule has 2 atom stereocenters. The summed E-state index contributed by atoms with van der Waals surface area (Å²) < 4.78 is 1.13. The molecule has 0 bridgehead atoms. The van der Waals surface area contributed by atoms with Gasteiger partial charge in [0.05, 0.1) is 0 Å². The van der Waals surface area contributed by atoms with Crippen molar-refractivity contribution in [1.82, 2.24) is 5.32 Å². The zero-order valence-electron chi connectivity index (χ0n) is 12.1. The number of benzene rings is 2. The standard InChI is InChI=1S/C17H20BrNS/c1-12(14-7-9-17(20-3)10-8-14)19-13(2)15-5-4-6-16(18)11-15/h4-13,19H,1-3H3/t12?,13-/m1/s1. The molecule has 106 valence electrons. The highest BCUT2D eigenvalue weighted by atomic mass is 79.9. The summed E-state index contributed by atoms with van der Waals surface area (Å²) in [4.78, 5) is 1.31. The lowest BCUT2D eigenvalue weighted by Crippen LogP contribution is -2.22. The largest absolute Gasteiger partial charge is 0.304 e. The van der Waals surface area contributed by atoms with Crippen LogP contribution in [0.4, 0.5) is 0 Å². The summed E-state index contributed by atoms with van der Waals surface area (Å²) in [6, 6.07) is 17.9. The van der Waals surface area contributed by atoms with Gasteiger partial charge in [-0.15, -0.1) is 11.8 Å². The van der Waals surface area contributed by atoms with Crippen molar-refractivity contribution < 1.29 is 0 Å². The van der Waals surface area contributed by atoms with Crippen LogP contribution in [0.25, 0.3) is 0 Å². The Morgan fingerprint density at radius 2 is 1.60 bits per heavy atom. The molecule has 1 unspecified atom stereocenters. The first-order valence-electron chi connectivity index (χ1n) is 6.75. The maximum Gasteiger partial charge on any atom is 0.0297 e. The minimum Gasteiger partial charge on any atom is -0.304 e. The summed E-state index contributed by atoms with van der Waals surface area (Å²) >= 11 is 5.30. The van der Waals surface area contributed by atoms with Crippen molar-refractivity contribution in [2.24, 2.45) is 0 Å². The lowest BCUT2D eigenvalue weighted by molar-refractivity contribution is 0.494. The molecule has 0 radical (unpaired) electrons. The Labute approximate surface area is 134 Å². The highest BCUT2D eigenvalue weighted by Gasteiger charge is 2.11. The maximum absolute atomic E-state index is 3.65. The smallest absolute Gasteiger partial charge is 0.0297 e. The summed E-state index contributed by atoms with van der Waals surface area (Å²) in [6.07, 6.45) is 2.10. The number of halogens is 1. The molecule has 1 nitrogen and oxygen atoms in total. The van der Waals surface area contributed by atoms with E-state index in [0.29, 0.717) is 12.1 Å². The molecular formula is C17H20BrNS. The molecule has 0 saturated carbocycles. The van der Waals surface area contributed by atoms with Crippen molar-refractivity contribution in [3.05, 3.63) is 64.1 Å². The van der Waals surface area contributed by atoms with Gasteiger partial charge >= 0.3 is 0 Å². The fourth-order valence-corrected chi connectivity index (χ4v) is 3.06. The van der Waals surface area contributed by atoms with E-state index in [1.165, 1.54) is 16.0 Å². The van der Waals surface area contributed by atoms with Gasteiger partial charge in [0, 0.05) is 21.5 Å². The number of rotatable bonds is 5. The summed E-state index contributed by atoms with van der Waals surface area (Å²) in [5.41, 5.74) is 2.62. The summed E-state index contributed by atoms with van der Waals surface area (Å²) in [5, 5.41) is 3.65. The molecule has 2 aromatic rings. The monoisotopic (exact) mass is 349 g/mol. The van der Waals surface area contributed by atoms with Crippen molar-refractivity contribution in [3.63, 3.8) is 0 Å². The first-order valence-corrected chi connectivity index (χ1v) is 8.77. The fraction of sp³-hybridized carbons (Fsp3) is 0.294. The maximum atomic E-state index is 3.65. The first-order chi connectivity index (χ1) is 9.60. The lowest BCUT2D eigenvalue weighted by atomic mass is 10.0. The highest BCUT2D eigenvalue weighted by Crippen LogP contribution is 2.23. The van der Waals surface area contributed by atoms with Crippen LogP contribution in [0.15, 0.2) is 57.9 Å². The Balaban J connectivity index is 2.04. The van der Waals surface area contributed by atoms with Crippen molar-refractivity contribution in [3.8, 4) is 0 Å². The second-order valence-corrected chi connectivity index (χ2v) is 6.73. The summed E-state index contributed by atoms with van der Waals surface area (Å²) in [5.74, 6) is 0. The third kappa shape index (κ3) is 4.11. The minimum absolute atomic E-state index is 0.322. The summed E-state index contributed by atoms with van der Waals surface area (Å²) in [6.45, 7) is 4.41. The van der Waals surface area contributed by atoms with Crippen molar-refractivity contribution in [1.29, 1.82) is 0 Å². The molecule has 2 aromatic carbocycles. The Bertz CT molecular complexity index is 553. The molecule has 20 heavy (non-hydrogen) atoms. The zero-order valence-corrected chi connectivity index (χ0v) is 14.5. The molecule has 2 rings (SSSR count). The van der Waals surface area contributed by atoms with Crippen LogP contribution in [0.1, 0.15) is 37.1 Å². The van der Waals surface area contributed by atoms with Crippen LogP contribution in [-0.2, 0) is 0 Å². The Hall–Kier alpha value is -0.770. The van der Waals surface area contributed by atoms with E-state index in [9.17, 15) is 0 Å². The molecule has 0 spiro atoms. The van der Waals surface area contributed by atoms with Crippen molar-refractivity contribution >= 4 is 27.7 Å². The normalized spacial score (nSPS) is 14.0. The van der Waals surface area contributed by atoms with E-state index < -0.39 is 0 Å². The van der Waals surface area contributed by atoms with Gasteiger partial charge in [-0.2, -0.15) is 0 Å². The van der Waals surface area contributed by atoms with Crippen LogP contribution >= 0.6 is 27.7 Å². The van der Waals surface area contributed by atoms with Crippen molar-refractivity contribution in [2.45, 2.75) is 30.8 Å². The molecule has 0 aromatic heterocycles. The molecule has 0 heterocycles. The van der Waals surface area contributed by atoms with Gasteiger partial charge in [-0.25, -0.2) is 0 Å². The summed E-state index contributed by atoms with van der Waals surface area (Å²) in [7, 11) is 0. The molecule has 0 fully saturated rings. The van der Waals surface area contributed by atoms with E-state index in [1.54, 1.807) is 11.8 Å². The van der Waals surface area contributed by atoms with Gasteiger partial charge in [0.1, 0.15) is 0 Å². The second kappa shape index (κ2) is 7.30. The van der Waals surface area contributed by atoms with Gasteiger partial charge in [0.25, 0.3) is 0 Å². The molecular weight excluding hydrogens is 330 g/mol. The lowest BCUT2D eigenvalue weighted by Gasteiger charge is -2.21. The Kier molecular flexibility index (Phi) is 5.70. The zero-order chi connectivity index (χ0) is 14.5. The van der Waals surface area contributed by atoms with E-state index in [0.717, 1.165) is 4.47 Å². The van der Waals surface area contributed by atoms with Crippen molar-refractivity contribution in [2.75, 3.05) is 6.26 Å². The second-order valence-electron chi connectivity index (χ2n) is 4.94. The van der Waals surface area contributed by atoms with Gasteiger partial charge in [-0.05, 0) is 55.5 Å². The van der Waals surface area contributed by atoms with Gasteiger partial charge in [-0.3, -0.25) is 0 Å². The molecule has 0 aliphatic rings. The third-order valence-electron chi connectivity index (χ3n) is 3.46. The van der Waals surface area contributed by atoms with Crippen LogP contribution in [-0.4, -0.2) is 6.26 Å². The average molecular weight is 350 g/mol. The topological polar surface area (TPSA) is 12.0 Å². The molecule has 3 heteroatoms. The SMILES string of the molecule is CSc1ccc(C(C)N[C@H](C)c2cccc(Br)c2)cc1. The number of hydrogen-bond donors (Lipinski definition) is 1. The Morgan fingerprint density at radius 1 is 0.950 bits per heavy atom. The van der Waals surface area contributed by atoms with E-state index in [-0.39, 0.29) is 0 Å². The van der Waals surface area contributed by atoms with E-state index in [2.05, 4.69) is 89.9 Å².